The largest absolute Gasteiger partial charge is 0.341 e. The lowest BCUT2D eigenvalue weighted by molar-refractivity contribution is -0.141. The second-order valence-electron chi connectivity index (χ2n) is 6.11. The Bertz CT molecular complexity index is 337. The summed E-state index contributed by atoms with van der Waals surface area (Å²) in [6.07, 6.45) is 8.25. The van der Waals surface area contributed by atoms with Crippen molar-refractivity contribution in [2.75, 3.05) is 13.1 Å². The normalized spacial score (nSPS) is 28.2. The Kier molecular flexibility index (Phi) is 4.27. The van der Waals surface area contributed by atoms with Crippen LogP contribution in [0.25, 0.3) is 0 Å². The van der Waals surface area contributed by atoms with E-state index >= 15 is 0 Å². The summed E-state index contributed by atoms with van der Waals surface area (Å²) in [5.41, 5.74) is -0.701. The van der Waals surface area contributed by atoms with Crippen molar-refractivity contribution in [2.24, 2.45) is 11.3 Å². The minimum absolute atomic E-state index is 0.124. The maximum Gasteiger partial charge on any atom is 0.243 e. The number of nitriles is 1. The van der Waals surface area contributed by atoms with Crippen LogP contribution in [0.15, 0.2) is 0 Å². The summed E-state index contributed by atoms with van der Waals surface area (Å²) in [6.45, 7) is 3.90. The van der Waals surface area contributed by atoms with Crippen molar-refractivity contribution in [1.82, 2.24) is 4.90 Å². The number of nitrogens with zero attached hydrogens (tertiary/aromatic N) is 2. The maximum atomic E-state index is 12.7. The molecule has 0 bridgehead atoms. The minimum atomic E-state index is -0.701. The van der Waals surface area contributed by atoms with E-state index < -0.39 is 5.41 Å². The van der Waals surface area contributed by atoms with E-state index in [1.54, 1.807) is 0 Å². The van der Waals surface area contributed by atoms with Gasteiger partial charge in [-0.15, -0.1) is 0 Å². The van der Waals surface area contributed by atoms with Crippen molar-refractivity contribution in [3.05, 3.63) is 0 Å². The average Bonchev–Trinajstić information content (AvgIpc) is 2.64. The number of likely N-dealkylation sites (tertiary alicyclic amines) is 1. The molecule has 2 fully saturated rings. The molecule has 1 unspecified atom stereocenters. The van der Waals surface area contributed by atoms with Gasteiger partial charge >= 0.3 is 0 Å². The molecule has 1 aliphatic carbocycles. The van der Waals surface area contributed by atoms with Crippen LogP contribution < -0.4 is 0 Å². The van der Waals surface area contributed by atoms with Crippen molar-refractivity contribution in [1.29, 1.82) is 5.26 Å². The smallest absolute Gasteiger partial charge is 0.243 e. The number of piperidine rings is 1. The molecule has 1 aliphatic heterocycles. The maximum absolute atomic E-state index is 12.7. The van der Waals surface area contributed by atoms with Crippen LogP contribution in [0.1, 0.15) is 58.3 Å². The molecule has 1 amide bonds. The molecule has 0 aromatic rings. The van der Waals surface area contributed by atoms with Gasteiger partial charge in [0.15, 0.2) is 0 Å². The van der Waals surface area contributed by atoms with Crippen LogP contribution in [0.5, 0.6) is 0 Å². The summed E-state index contributed by atoms with van der Waals surface area (Å²) in [7, 11) is 0. The van der Waals surface area contributed by atoms with Crippen molar-refractivity contribution >= 4 is 5.91 Å². The lowest BCUT2D eigenvalue weighted by Gasteiger charge is -2.36. The number of carbonyl (C=O) groups excluding carboxylic acids is 1. The van der Waals surface area contributed by atoms with E-state index in [4.69, 9.17) is 0 Å². The highest BCUT2D eigenvalue weighted by atomic mass is 16.2. The molecule has 2 rings (SSSR count). The molecule has 1 saturated heterocycles. The van der Waals surface area contributed by atoms with Gasteiger partial charge in [-0.1, -0.05) is 32.6 Å². The zero-order valence-electron chi connectivity index (χ0n) is 11.5. The zero-order valence-corrected chi connectivity index (χ0v) is 11.5. The van der Waals surface area contributed by atoms with E-state index in [0.717, 1.165) is 45.2 Å². The van der Waals surface area contributed by atoms with E-state index in [9.17, 15) is 10.1 Å². The number of hydrogen-bond donors (Lipinski definition) is 0. The summed E-state index contributed by atoms with van der Waals surface area (Å²) >= 11 is 0. The van der Waals surface area contributed by atoms with Crippen LogP contribution in [0.3, 0.4) is 0 Å². The third kappa shape index (κ3) is 2.68. The summed E-state index contributed by atoms with van der Waals surface area (Å²) in [5, 5.41) is 9.54. The van der Waals surface area contributed by atoms with Gasteiger partial charge in [0.05, 0.1) is 6.07 Å². The van der Waals surface area contributed by atoms with E-state index in [0.29, 0.717) is 5.92 Å². The van der Waals surface area contributed by atoms with Gasteiger partial charge in [0, 0.05) is 13.1 Å². The summed E-state index contributed by atoms with van der Waals surface area (Å²) in [4.78, 5) is 14.7. The highest BCUT2D eigenvalue weighted by Gasteiger charge is 2.42. The minimum Gasteiger partial charge on any atom is -0.341 e. The van der Waals surface area contributed by atoms with Gasteiger partial charge in [-0.3, -0.25) is 4.79 Å². The third-order valence-electron chi connectivity index (χ3n) is 4.52. The topological polar surface area (TPSA) is 44.1 Å². The predicted molar refractivity (Wildman–Crippen MR) is 70.7 cm³/mol. The van der Waals surface area contributed by atoms with Gasteiger partial charge in [-0.05, 0) is 31.6 Å². The monoisotopic (exact) mass is 248 g/mol. The molecule has 0 radical (unpaired) electrons. The Balaban J connectivity index is 2.11. The van der Waals surface area contributed by atoms with E-state index in [1.807, 2.05) is 4.90 Å². The van der Waals surface area contributed by atoms with Gasteiger partial charge < -0.3 is 4.90 Å². The number of rotatable bonds is 1. The van der Waals surface area contributed by atoms with E-state index in [1.165, 1.54) is 19.3 Å². The van der Waals surface area contributed by atoms with Gasteiger partial charge in [0.2, 0.25) is 5.91 Å². The first kappa shape index (κ1) is 13.4. The first-order valence-corrected chi connectivity index (χ1v) is 7.38. The Hall–Kier alpha value is -1.04. The SMILES string of the molecule is CC1CCCN(C(=O)C2(C#N)CCCCCC2)C1. The van der Waals surface area contributed by atoms with E-state index in [-0.39, 0.29) is 5.91 Å². The lowest BCUT2D eigenvalue weighted by atomic mass is 9.79. The van der Waals surface area contributed by atoms with Crippen LogP contribution in [0.2, 0.25) is 0 Å². The van der Waals surface area contributed by atoms with Gasteiger partial charge in [0.25, 0.3) is 0 Å². The molecule has 0 aromatic carbocycles. The molecular weight excluding hydrogens is 224 g/mol. The molecule has 100 valence electrons. The fraction of sp³-hybridized carbons (Fsp3) is 0.867. The molecule has 18 heavy (non-hydrogen) atoms. The Morgan fingerprint density at radius 3 is 2.44 bits per heavy atom. The van der Waals surface area contributed by atoms with Crippen LogP contribution in [-0.2, 0) is 4.79 Å². The summed E-state index contributed by atoms with van der Waals surface area (Å²) in [6, 6.07) is 2.38. The highest BCUT2D eigenvalue weighted by molar-refractivity contribution is 5.85. The van der Waals surface area contributed by atoms with Crippen LogP contribution in [-0.4, -0.2) is 23.9 Å². The predicted octanol–water partition coefficient (Wildman–Crippen LogP) is 3.11. The fourth-order valence-corrected chi connectivity index (χ4v) is 3.38. The van der Waals surface area contributed by atoms with Gasteiger partial charge in [-0.2, -0.15) is 5.26 Å². The Morgan fingerprint density at radius 1 is 1.22 bits per heavy atom. The quantitative estimate of drug-likeness (QED) is 0.669. The third-order valence-corrected chi connectivity index (χ3v) is 4.52. The van der Waals surface area contributed by atoms with Crippen LogP contribution in [0, 0.1) is 22.7 Å². The second kappa shape index (κ2) is 5.73. The summed E-state index contributed by atoms with van der Waals surface area (Å²) < 4.78 is 0. The molecule has 1 atom stereocenters. The lowest BCUT2D eigenvalue weighted by Crippen LogP contribution is -2.47. The van der Waals surface area contributed by atoms with E-state index in [2.05, 4.69) is 13.0 Å². The molecule has 0 N–H and O–H groups in total. The molecule has 0 aromatic heterocycles. The fourth-order valence-electron chi connectivity index (χ4n) is 3.38. The van der Waals surface area contributed by atoms with Crippen molar-refractivity contribution in [3.63, 3.8) is 0 Å². The number of carbonyl (C=O) groups is 1. The standard InChI is InChI=1S/C15H24N2O/c1-13-7-6-10-17(11-13)14(18)15(12-16)8-4-2-3-5-9-15/h13H,2-11H2,1H3. The van der Waals surface area contributed by atoms with Crippen LogP contribution >= 0.6 is 0 Å². The molecule has 3 nitrogen and oxygen atoms in total. The number of hydrogen-bond acceptors (Lipinski definition) is 2. The van der Waals surface area contributed by atoms with Gasteiger partial charge in [0.1, 0.15) is 5.41 Å². The van der Waals surface area contributed by atoms with Crippen molar-refractivity contribution in [3.8, 4) is 6.07 Å². The Morgan fingerprint density at radius 2 is 1.89 bits per heavy atom. The number of amides is 1. The summed E-state index contributed by atoms with van der Waals surface area (Å²) in [5.74, 6) is 0.711. The second-order valence-corrected chi connectivity index (χ2v) is 6.11. The molecule has 1 heterocycles. The molecule has 2 aliphatic rings. The zero-order chi connectivity index (χ0) is 13.0. The van der Waals surface area contributed by atoms with Gasteiger partial charge in [-0.25, -0.2) is 0 Å². The molecule has 1 saturated carbocycles. The molecule has 3 heteroatoms. The Labute approximate surface area is 110 Å². The van der Waals surface area contributed by atoms with Crippen LogP contribution in [0.4, 0.5) is 0 Å². The first-order chi connectivity index (χ1) is 8.68. The van der Waals surface area contributed by atoms with Crippen molar-refractivity contribution < 1.29 is 4.79 Å². The first-order valence-electron chi connectivity index (χ1n) is 7.38. The highest BCUT2D eigenvalue weighted by Crippen LogP contribution is 2.37. The molecular formula is C15H24N2O. The molecule has 0 spiro atoms. The van der Waals surface area contributed by atoms with Crippen molar-refractivity contribution in [2.45, 2.75) is 58.3 Å². The average molecular weight is 248 g/mol.